The van der Waals surface area contributed by atoms with E-state index in [0.29, 0.717) is 49.1 Å². The van der Waals surface area contributed by atoms with Crippen LogP contribution in [0, 0.1) is 0 Å². The number of aliphatic carboxylic acids is 1. The molecule has 2 amide bonds. The van der Waals surface area contributed by atoms with Gasteiger partial charge in [-0.3, -0.25) is 4.79 Å². The van der Waals surface area contributed by atoms with Gasteiger partial charge in [0.05, 0.1) is 12.5 Å². The van der Waals surface area contributed by atoms with Gasteiger partial charge in [0.15, 0.2) is 11.6 Å². The molecule has 2 aromatic heterocycles. The molecule has 0 spiro atoms. The van der Waals surface area contributed by atoms with Crippen molar-refractivity contribution in [1.29, 1.82) is 0 Å². The minimum Gasteiger partial charge on any atom is -0.480 e. The highest BCUT2D eigenvalue weighted by Crippen LogP contribution is 2.28. The fourth-order valence-corrected chi connectivity index (χ4v) is 4.64. The first-order valence-electron chi connectivity index (χ1n) is 13.9. The zero-order chi connectivity index (χ0) is 29.4. The fraction of sp³-hybridized carbons (Fsp3) is 0.414. The lowest BCUT2D eigenvalue weighted by Gasteiger charge is -2.26. The zero-order valence-electron chi connectivity index (χ0n) is 23.6. The molecule has 0 saturated carbocycles. The highest BCUT2D eigenvalue weighted by molar-refractivity contribution is 6.05. The second-order valence-electron chi connectivity index (χ2n) is 9.55. The first-order chi connectivity index (χ1) is 19.8. The zero-order valence-corrected chi connectivity index (χ0v) is 23.6. The third-order valence-corrected chi connectivity index (χ3v) is 6.93. The molecule has 0 radical (unpaired) electrons. The van der Waals surface area contributed by atoms with E-state index in [-0.39, 0.29) is 30.6 Å². The average Bonchev–Trinajstić information content (AvgIpc) is 3.71. The predicted molar refractivity (Wildman–Crippen MR) is 154 cm³/mol. The van der Waals surface area contributed by atoms with E-state index in [2.05, 4.69) is 15.3 Å². The second kappa shape index (κ2) is 13.6. The summed E-state index contributed by atoms with van der Waals surface area (Å²) in [5, 5.41) is 13.2. The number of aromatic nitrogens is 2. The standard InChI is InChI=1S/C29H36N6O6/c1-4-33(5-2)28-30-19-23(35(6-3)26(36)24-10-9-17-40-24)25(32-28)31-22(27(37)38)18-20-11-13-21(14-12-20)41-29(39)34-15-7-8-16-34/h9-14,17,19,22H,4-8,15-16,18H2,1-3H3,(H,37,38)(H,30,31,32)/t22-/m0/s1. The molecule has 0 aliphatic carbocycles. The number of nitrogens with zero attached hydrogens (tertiary/aromatic N) is 5. The van der Waals surface area contributed by atoms with Crippen molar-refractivity contribution in [1.82, 2.24) is 14.9 Å². The van der Waals surface area contributed by atoms with Gasteiger partial charge in [-0.1, -0.05) is 12.1 Å². The number of carbonyl (C=O) groups excluding carboxylic acids is 2. The van der Waals surface area contributed by atoms with Crippen LogP contribution in [0.3, 0.4) is 0 Å². The number of anilines is 3. The summed E-state index contributed by atoms with van der Waals surface area (Å²) in [4.78, 5) is 52.0. The molecular formula is C29H36N6O6. The van der Waals surface area contributed by atoms with Crippen LogP contribution in [0.2, 0.25) is 0 Å². The van der Waals surface area contributed by atoms with E-state index in [9.17, 15) is 19.5 Å². The summed E-state index contributed by atoms with van der Waals surface area (Å²) < 4.78 is 10.8. The van der Waals surface area contributed by atoms with Crippen molar-refractivity contribution < 1.29 is 28.6 Å². The molecule has 1 aliphatic heterocycles. The lowest BCUT2D eigenvalue weighted by molar-refractivity contribution is -0.137. The fourth-order valence-electron chi connectivity index (χ4n) is 4.64. The number of likely N-dealkylation sites (tertiary alicyclic amines) is 1. The number of carbonyl (C=O) groups is 3. The Bertz CT molecular complexity index is 1320. The highest BCUT2D eigenvalue weighted by Gasteiger charge is 2.27. The minimum absolute atomic E-state index is 0.109. The molecule has 1 atom stereocenters. The van der Waals surface area contributed by atoms with Crippen LogP contribution >= 0.6 is 0 Å². The first kappa shape index (κ1) is 29.4. The Morgan fingerprint density at radius 3 is 2.37 bits per heavy atom. The van der Waals surface area contributed by atoms with Gasteiger partial charge in [-0.25, -0.2) is 14.6 Å². The summed E-state index contributed by atoms with van der Waals surface area (Å²) in [7, 11) is 0. The molecular weight excluding hydrogens is 528 g/mol. The van der Waals surface area contributed by atoms with Crippen molar-refractivity contribution in [3.05, 3.63) is 60.2 Å². The van der Waals surface area contributed by atoms with E-state index < -0.39 is 17.9 Å². The van der Waals surface area contributed by atoms with Crippen LogP contribution < -0.4 is 19.9 Å². The molecule has 41 heavy (non-hydrogen) atoms. The predicted octanol–water partition coefficient (Wildman–Crippen LogP) is 4.28. The monoisotopic (exact) mass is 564 g/mol. The van der Waals surface area contributed by atoms with Crippen molar-refractivity contribution in [2.45, 2.75) is 46.1 Å². The average molecular weight is 565 g/mol. The van der Waals surface area contributed by atoms with Crippen LogP contribution in [0.15, 0.2) is 53.3 Å². The molecule has 0 bridgehead atoms. The Balaban J connectivity index is 1.58. The maximum atomic E-state index is 13.2. The Morgan fingerprint density at radius 1 is 1.07 bits per heavy atom. The van der Waals surface area contributed by atoms with Gasteiger partial charge in [0.2, 0.25) is 5.95 Å². The van der Waals surface area contributed by atoms with Gasteiger partial charge in [-0.15, -0.1) is 0 Å². The molecule has 12 heteroatoms. The molecule has 3 heterocycles. The molecule has 1 aliphatic rings. The van der Waals surface area contributed by atoms with E-state index in [4.69, 9.17) is 9.15 Å². The number of rotatable bonds is 12. The van der Waals surface area contributed by atoms with Gasteiger partial charge in [0.25, 0.3) is 5.91 Å². The molecule has 0 unspecified atom stereocenters. The lowest BCUT2D eigenvalue weighted by Crippen LogP contribution is -2.36. The number of carboxylic acids is 1. The van der Waals surface area contributed by atoms with Gasteiger partial charge in [0, 0.05) is 39.1 Å². The summed E-state index contributed by atoms with van der Waals surface area (Å²) >= 11 is 0. The molecule has 12 nitrogen and oxygen atoms in total. The topological polar surface area (TPSA) is 141 Å². The van der Waals surface area contributed by atoms with Crippen molar-refractivity contribution in [3.63, 3.8) is 0 Å². The lowest BCUT2D eigenvalue weighted by atomic mass is 10.1. The third-order valence-electron chi connectivity index (χ3n) is 6.93. The maximum absolute atomic E-state index is 13.2. The second-order valence-corrected chi connectivity index (χ2v) is 9.55. The summed E-state index contributed by atoms with van der Waals surface area (Å²) in [5.74, 6) is -0.328. The van der Waals surface area contributed by atoms with Crippen molar-refractivity contribution in [2.75, 3.05) is 47.8 Å². The van der Waals surface area contributed by atoms with E-state index >= 15 is 0 Å². The van der Waals surface area contributed by atoms with Crippen LogP contribution in [-0.2, 0) is 11.2 Å². The maximum Gasteiger partial charge on any atom is 0.415 e. The number of amides is 2. The summed E-state index contributed by atoms with van der Waals surface area (Å²) in [6.07, 6.45) is 4.60. The number of carboxylic acid groups (broad SMARTS) is 1. The molecule has 218 valence electrons. The first-order valence-corrected chi connectivity index (χ1v) is 13.9. The number of furan rings is 1. The molecule has 4 rings (SSSR count). The van der Waals surface area contributed by atoms with Gasteiger partial charge >= 0.3 is 12.1 Å². The Morgan fingerprint density at radius 2 is 1.78 bits per heavy atom. The number of hydrogen-bond donors (Lipinski definition) is 2. The molecule has 1 fully saturated rings. The molecule has 1 saturated heterocycles. The molecule has 1 aromatic carbocycles. The van der Waals surface area contributed by atoms with E-state index in [1.807, 2.05) is 18.7 Å². The van der Waals surface area contributed by atoms with Crippen LogP contribution in [0.5, 0.6) is 5.75 Å². The van der Waals surface area contributed by atoms with Gasteiger partial charge < -0.3 is 34.3 Å². The van der Waals surface area contributed by atoms with E-state index in [0.717, 1.165) is 12.8 Å². The molecule has 2 N–H and O–H groups in total. The van der Waals surface area contributed by atoms with Crippen molar-refractivity contribution in [2.24, 2.45) is 0 Å². The normalized spacial score (nSPS) is 13.5. The SMILES string of the molecule is CCN(CC)c1ncc(N(CC)C(=O)c2ccco2)c(N[C@@H](Cc2ccc(OC(=O)N3CCCC3)cc2)C(=O)O)n1. The van der Waals surface area contributed by atoms with Crippen molar-refractivity contribution in [3.8, 4) is 5.75 Å². The smallest absolute Gasteiger partial charge is 0.415 e. The van der Waals surface area contributed by atoms with Gasteiger partial charge in [-0.05, 0) is 63.4 Å². The molecule has 3 aromatic rings. The van der Waals surface area contributed by atoms with Crippen LogP contribution in [0.4, 0.5) is 22.2 Å². The van der Waals surface area contributed by atoms with Crippen molar-refractivity contribution >= 4 is 35.4 Å². The summed E-state index contributed by atoms with van der Waals surface area (Å²) in [5.41, 5.74) is 1.05. The van der Waals surface area contributed by atoms with Gasteiger partial charge in [-0.2, -0.15) is 4.98 Å². The number of hydrogen-bond acceptors (Lipinski definition) is 9. The van der Waals surface area contributed by atoms with Crippen LogP contribution in [0.25, 0.3) is 0 Å². The van der Waals surface area contributed by atoms with Crippen LogP contribution in [0.1, 0.15) is 49.7 Å². The van der Waals surface area contributed by atoms with E-state index in [1.54, 1.807) is 48.2 Å². The highest BCUT2D eigenvalue weighted by atomic mass is 16.6. The minimum atomic E-state index is -1.09. The number of nitrogens with one attached hydrogen (secondary N) is 1. The Kier molecular flexibility index (Phi) is 9.77. The third kappa shape index (κ3) is 7.13. The summed E-state index contributed by atoms with van der Waals surface area (Å²) in [6, 6.07) is 8.86. The van der Waals surface area contributed by atoms with E-state index in [1.165, 1.54) is 17.4 Å². The Labute approximate surface area is 238 Å². The number of benzene rings is 1. The largest absolute Gasteiger partial charge is 0.480 e. The quantitative estimate of drug-likeness (QED) is 0.327. The van der Waals surface area contributed by atoms with Gasteiger partial charge in [0.1, 0.15) is 17.5 Å². The Hall–Kier alpha value is -4.61. The van der Waals surface area contributed by atoms with Crippen LogP contribution in [-0.4, -0.2) is 76.7 Å². The summed E-state index contributed by atoms with van der Waals surface area (Å²) in [6.45, 7) is 8.69. The number of ether oxygens (including phenoxy) is 1.